The summed E-state index contributed by atoms with van der Waals surface area (Å²) in [6.07, 6.45) is -4.60. The second-order valence-electron chi connectivity index (χ2n) is 7.16. The molecule has 170 valence electrons. The first-order valence-corrected chi connectivity index (χ1v) is 12.0. The maximum absolute atomic E-state index is 13.0. The molecule has 1 fully saturated rings. The minimum absolute atomic E-state index is 0.159. The molecule has 1 aliphatic heterocycles. The Hall–Kier alpha value is -2.63. The molecule has 0 N–H and O–H groups in total. The van der Waals surface area contributed by atoms with Crippen LogP contribution in [-0.4, -0.2) is 51.0 Å². The largest absolute Gasteiger partial charge is 0.497 e. The van der Waals surface area contributed by atoms with Gasteiger partial charge in [0, 0.05) is 37.1 Å². The molecule has 11 heteroatoms. The summed E-state index contributed by atoms with van der Waals surface area (Å²) in [6.45, 7) is 1.10. The van der Waals surface area contributed by atoms with Gasteiger partial charge in [0.25, 0.3) is 0 Å². The normalized spacial score (nSPS) is 15.7. The highest BCUT2D eigenvalue weighted by molar-refractivity contribution is 7.89. The van der Waals surface area contributed by atoms with Gasteiger partial charge < -0.3 is 9.64 Å². The average molecular weight is 484 g/mol. The van der Waals surface area contributed by atoms with Gasteiger partial charge in [-0.25, -0.2) is 13.4 Å². The first-order valence-electron chi connectivity index (χ1n) is 9.71. The van der Waals surface area contributed by atoms with Crippen LogP contribution in [0.5, 0.6) is 5.75 Å². The number of aromatic nitrogens is 1. The van der Waals surface area contributed by atoms with Gasteiger partial charge in [0.15, 0.2) is 5.13 Å². The molecule has 2 aromatic carbocycles. The lowest BCUT2D eigenvalue weighted by Gasteiger charge is -2.33. The van der Waals surface area contributed by atoms with Gasteiger partial charge in [-0.05, 0) is 30.3 Å². The van der Waals surface area contributed by atoms with Crippen molar-refractivity contribution in [1.29, 1.82) is 0 Å². The molecule has 6 nitrogen and oxygen atoms in total. The Morgan fingerprint density at radius 3 is 2.44 bits per heavy atom. The zero-order valence-electron chi connectivity index (χ0n) is 17.0. The van der Waals surface area contributed by atoms with Crippen LogP contribution in [0.4, 0.5) is 18.3 Å². The number of thiazole rings is 1. The number of halogens is 3. The molecule has 0 aliphatic carbocycles. The zero-order valence-corrected chi connectivity index (χ0v) is 18.7. The lowest BCUT2D eigenvalue weighted by atomic mass is 10.2. The molecule has 4 rings (SSSR count). The van der Waals surface area contributed by atoms with Crippen LogP contribution in [0.3, 0.4) is 0 Å². The van der Waals surface area contributed by atoms with Crippen LogP contribution < -0.4 is 9.64 Å². The smallest absolute Gasteiger partial charge is 0.416 e. The van der Waals surface area contributed by atoms with Crippen molar-refractivity contribution < 1.29 is 26.3 Å². The van der Waals surface area contributed by atoms with E-state index in [-0.39, 0.29) is 18.0 Å². The second-order valence-corrected chi connectivity index (χ2v) is 9.94. The van der Waals surface area contributed by atoms with E-state index >= 15 is 0 Å². The monoisotopic (exact) mass is 483 g/mol. The molecule has 1 saturated heterocycles. The van der Waals surface area contributed by atoms with E-state index in [1.165, 1.54) is 21.7 Å². The molecule has 0 radical (unpaired) electrons. The average Bonchev–Trinajstić information content (AvgIpc) is 3.29. The van der Waals surface area contributed by atoms with E-state index in [4.69, 9.17) is 4.74 Å². The van der Waals surface area contributed by atoms with Crippen molar-refractivity contribution in [2.75, 3.05) is 38.2 Å². The molecular formula is C21H20F3N3O3S2. The maximum atomic E-state index is 13.0. The fourth-order valence-corrected chi connectivity index (χ4v) is 5.78. The molecule has 1 aromatic heterocycles. The third-order valence-corrected chi connectivity index (χ3v) is 7.96. The minimum Gasteiger partial charge on any atom is -0.497 e. The Balaban J connectivity index is 1.46. The number of alkyl halides is 3. The molecule has 0 atom stereocenters. The third kappa shape index (κ3) is 4.59. The quantitative estimate of drug-likeness (QED) is 0.540. The lowest BCUT2D eigenvalue weighted by Crippen LogP contribution is -2.48. The van der Waals surface area contributed by atoms with Gasteiger partial charge in [-0.2, -0.15) is 17.5 Å². The van der Waals surface area contributed by atoms with E-state index in [2.05, 4.69) is 4.98 Å². The van der Waals surface area contributed by atoms with Crippen molar-refractivity contribution in [1.82, 2.24) is 9.29 Å². The molecule has 32 heavy (non-hydrogen) atoms. The Kier molecular flexibility index (Phi) is 6.15. The molecule has 0 saturated carbocycles. The van der Waals surface area contributed by atoms with E-state index < -0.39 is 21.8 Å². The maximum Gasteiger partial charge on any atom is 0.416 e. The van der Waals surface area contributed by atoms with Crippen LogP contribution in [0.1, 0.15) is 5.56 Å². The first kappa shape index (κ1) is 22.6. The van der Waals surface area contributed by atoms with Gasteiger partial charge in [-0.15, -0.1) is 11.3 Å². The topological polar surface area (TPSA) is 62.7 Å². The van der Waals surface area contributed by atoms with Crippen molar-refractivity contribution in [3.8, 4) is 17.0 Å². The molecule has 3 aromatic rings. The third-order valence-electron chi connectivity index (χ3n) is 5.17. The number of hydrogen-bond acceptors (Lipinski definition) is 6. The first-order chi connectivity index (χ1) is 15.2. The molecule has 0 unspecified atom stereocenters. The fourth-order valence-electron chi connectivity index (χ4n) is 3.43. The van der Waals surface area contributed by atoms with E-state index in [9.17, 15) is 21.6 Å². The van der Waals surface area contributed by atoms with Gasteiger partial charge >= 0.3 is 6.18 Å². The summed E-state index contributed by atoms with van der Waals surface area (Å²) >= 11 is 1.46. The molecule has 0 spiro atoms. The predicted octanol–water partition coefficient (Wildman–Crippen LogP) is 4.35. The molecular weight excluding hydrogens is 463 g/mol. The number of methoxy groups -OCH3 is 1. The van der Waals surface area contributed by atoms with Crippen LogP contribution in [0, 0.1) is 0 Å². The van der Waals surface area contributed by atoms with Crippen molar-refractivity contribution >= 4 is 26.5 Å². The summed E-state index contributed by atoms with van der Waals surface area (Å²) < 4.78 is 71.1. The summed E-state index contributed by atoms with van der Waals surface area (Å²) in [5, 5.41) is 2.69. The number of benzene rings is 2. The van der Waals surface area contributed by atoms with Crippen LogP contribution >= 0.6 is 11.3 Å². The van der Waals surface area contributed by atoms with Crippen LogP contribution in [0.15, 0.2) is 58.8 Å². The summed E-state index contributed by atoms with van der Waals surface area (Å²) in [6, 6.07) is 11.4. The summed E-state index contributed by atoms with van der Waals surface area (Å²) in [5.74, 6) is 0.727. The van der Waals surface area contributed by atoms with Gasteiger partial charge in [0.2, 0.25) is 10.0 Å². The lowest BCUT2D eigenvalue weighted by molar-refractivity contribution is -0.137. The fraction of sp³-hybridized carbons (Fsp3) is 0.286. The highest BCUT2D eigenvalue weighted by Gasteiger charge is 2.34. The Morgan fingerprint density at radius 1 is 1.03 bits per heavy atom. The number of piperazine rings is 1. The van der Waals surface area contributed by atoms with Crippen LogP contribution in [-0.2, 0) is 16.2 Å². The SMILES string of the molecule is COc1cccc(-c2csc(N3CCN(S(=O)(=O)c4cccc(C(F)(F)F)c4)CC3)n2)c1. The van der Waals surface area contributed by atoms with Crippen molar-refractivity contribution in [3.05, 3.63) is 59.5 Å². The number of nitrogens with zero attached hydrogens (tertiary/aromatic N) is 3. The number of rotatable bonds is 5. The standard InChI is InChI=1S/C21H20F3N3O3S2/c1-30-17-6-2-4-15(12-17)19-14-31-20(25-19)26-8-10-27(11-9-26)32(28,29)18-7-3-5-16(13-18)21(22,23)24/h2-7,12-14H,8-11H2,1H3. The molecule has 1 aliphatic rings. The number of hydrogen-bond donors (Lipinski definition) is 0. The second kappa shape index (κ2) is 8.72. The molecule has 0 bridgehead atoms. The van der Waals surface area contributed by atoms with E-state index in [0.717, 1.165) is 34.3 Å². The van der Waals surface area contributed by atoms with Gasteiger partial charge in [0.05, 0.1) is 23.3 Å². The van der Waals surface area contributed by atoms with E-state index in [1.54, 1.807) is 7.11 Å². The minimum atomic E-state index is -4.60. The Morgan fingerprint density at radius 2 is 1.75 bits per heavy atom. The number of ether oxygens (including phenoxy) is 1. The molecule has 0 amide bonds. The summed E-state index contributed by atoms with van der Waals surface area (Å²) in [4.78, 5) is 6.29. The number of sulfonamides is 1. The summed E-state index contributed by atoms with van der Waals surface area (Å²) in [7, 11) is -2.42. The molecule has 2 heterocycles. The van der Waals surface area contributed by atoms with Gasteiger partial charge in [0.1, 0.15) is 5.75 Å². The van der Waals surface area contributed by atoms with Crippen molar-refractivity contribution in [2.24, 2.45) is 0 Å². The van der Waals surface area contributed by atoms with Crippen molar-refractivity contribution in [2.45, 2.75) is 11.1 Å². The van der Waals surface area contributed by atoms with Crippen molar-refractivity contribution in [3.63, 3.8) is 0 Å². The zero-order chi connectivity index (χ0) is 22.9. The predicted molar refractivity (Wildman–Crippen MR) is 117 cm³/mol. The Labute approximate surface area is 187 Å². The Bertz CT molecular complexity index is 1200. The van der Waals surface area contributed by atoms with Gasteiger partial charge in [-0.1, -0.05) is 18.2 Å². The van der Waals surface area contributed by atoms with Gasteiger partial charge in [-0.3, -0.25) is 0 Å². The van der Waals surface area contributed by atoms with Crippen LogP contribution in [0.2, 0.25) is 0 Å². The highest BCUT2D eigenvalue weighted by atomic mass is 32.2. The number of anilines is 1. The van der Waals surface area contributed by atoms with E-state index in [1.807, 2.05) is 34.5 Å². The van der Waals surface area contributed by atoms with E-state index in [0.29, 0.717) is 19.2 Å². The highest BCUT2D eigenvalue weighted by Crippen LogP contribution is 2.32. The summed E-state index contributed by atoms with van der Waals surface area (Å²) in [5.41, 5.74) is 0.727. The van der Waals surface area contributed by atoms with Crippen LogP contribution in [0.25, 0.3) is 11.3 Å².